The molecule has 0 spiro atoms. The van der Waals surface area contributed by atoms with Gasteiger partial charge in [-0.3, -0.25) is 19.2 Å². The molecule has 3 N–H and O–H groups in total. The predicted octanol–water partition coefficient (Wildman–Crippen LogP) is 9.34. The molecule has 2 aromatic carbocycles. The van der Waals surface area contributed by atoms with E-state index in [9.17, 15) is 33.1 Å². The number of aromatic nitrogens is 4. The second-order valence-corrected chi connectivity index (χ2v) is 18.4. The van der Waals surface area contributed by atoms with E-state index in [2.05, 4.69) is 20.8 Å². The number of rotatable bonds is 11. The number of nitrogens with zero attached hydrogens (tertiary/aromatic N) is 5. The van der Waals surface area contributed by atoms with E-state index in [0.717, 1.165) is 48.0 Å². The van der Waals surface area contributed by atoms with Gasteiger partial charge in [-0.1, -0.05) is 48.5 Å². The lowest BCUT2D eigenvalue weighted by molar-refractivity contribution is -0.126. The maximum absolute atomic E-state index is 13.5. The monoisotopic (exact) mass is 859 g/mol. The van der Waals surface area contributed by atoms with Crippen molar-refractivity contribution in [3.05, 3.63) is 107 Å². The van der Waals surface area contributed by atoms with Crippen molar-refractivity contribution in [1.29, 1.82) is 0 Å². The Kier molecular flexibility index (Phi) is 12.4. The number of aliphatic hydroxyl groups is 1. The summed E-state index contributed by atoms with van der Waals surface area (Å²) in [4.78, 5) is 53.2. The van der Waals surface area contributed by atoms with Crippen LogP contribution in [0.25, 0.3) is 33.5 Å². The van der Waals surface area contributed by atoms with Crippen molar-refractivity contribution in [2.24, 2.45) is 10.8 Å². The van der Waals surface area contributed by atoms with Gasteiger partial charge in [-0.05, 0) is 109 Å². The summed E-state index contributed by atoms with van der Waals surface area (Å²) in [5.74, 6) is -0.541. The Morgan fingerprint density at radius 2 is 1.24 bits per heavy atom. The molecule has 2 aliphatic rings. The van der Waals surface area contributed by atoms with Crippen LogP contribution in [-0.4, -0.2) is 68.0 Å². The summed E-state index contributed by atoms with van der Waals surface area (Å²) in [6, 6.07) is 15.8. The molecule has 4 aromatic heterocycles. The zero-order chi connectivity index (χ0) is 45.5. The fourth-order valence-corrected chi connectivity index (χ4v) is 7.55. The zero-order valence-electron chi connectivity index (χ0n) is 37.1. The average molecular weight is 860 g/mol. The molecule has 4 heterocycles. The predicted molar refractivity (Wildman–Crippen MR) is 240 cm³/mol. The Bertz CT molecular complexity index is 2720. The molecule has 0 radical (unpaired) electrons. The van der Waals surface area contributed by atoms with Crippen LogP contribution >= 0.6 is 0 Å². The van der Waals surface area contributed by atoms with E-state index in [0.29, 0.717) is 57.2 Å². The number of carbonyl (C=O) groups excluding carboxylic acids is 4. The van der Waals surface area contributed by atoms with Gasteiger partial charge in [-0.2, -0.15) is 10.2 Å². The highest BCUT2D eigenvalue weighted by Crippen LogP contribution is 2.47. The van der Waals surface area contributed by atoms with Crippen LogP contribution in [0.1, 0.15) is 124 Å². The molecular formula is C49H55F2N7O5. The number of hydrogen-bond acceptors (Lipinski definition) is 7. The van der Waals surface area contributed by atoms with E-state index in [1.54, 1.807) is 57.6 Å². The largest absolute Gasteiger partial charge is 0.395 e. The third-order valence-electron chi connectivity index (χ3n) is 11.3. The second-order valence-electron chi connectivity index (χ2n) is 18.4. The van der Waals surface area contributed by atoms with Gasteiger partial charge in [0.1, 0.15) is 23.0 Å². The van der Waals surface area contributed by atoms with Crippen LogP contribution in [0, 0.1) is 22.5 Å². The van der Waals surface area contributed by atoms with Gasteiger partial charge in [0.05, 0.1) is 52.5 Å². The first-order chi connectivity index (χ1) is 29.8. The van der Waals surface area contributed by atoms with Gasteiger partial charge >= 0.3 is 0 Å². The molecule has 0 aliphatic heterocycles. The van der Waals surface area contributed by atoms with Crippen LogP contribution in [0.5, 0.6) is 0 Å². The third kappa shape index (κ3) is 9.41. The zero-order valence-corrected chi connectivity index (χ0v) is 37.1. The molecule has 2 aliphatic carbocycles. The minimum absolute atomic E-state index is 0.0162. The molecule has 0 unspecified atom stereocenters. The summed E-state index contributed by atoms with van der Waals surface area (Å²) in [6.45, 7) is 13.0. The minimum Gasteiger partial charge on any atom is -0.395 e. The molecule has 14 heteroatoms. The van der Waals surface area contributed by atoms with Gasteiger partial charge in [0.15, 0.2) is 5.78 Å². The van der Waals surface area contributed by atoms with E-state index < -0.39 is 10.8 Å². The number of anilines is 2. The molecule has 0 saturated heterocycles. The summed E-state index contributed by atoms with van der Waals surface area (Å²) in [5, 5.41) is 24.7. The Hall–Kier alpha value is -6.28. The van der Waals surface area contributed by atoms with E-state index in [1.165, 1.54) is 24.3 Å². The number of halogens is 2. The summed E-state index contributed by atoms with van der Waals surface area (Å²) in [7, 11) is 1.56. The smallest absolute Gasteiger partial charge is 0.255 e. The topological polar surface area (TPSA) is 150 Å². The van der Waals surface area contributed by atoms with Gasteiger partial charge in [0, 0.05) is 42.0 Å². The van der Waals surface area contributed by atoms with Gasteiger partial charge in [0.25, 0.3) is 5.91 Å². The molecule has 6 aromatic rings. The quantitative estimate of drug-likeness (QED) is 0.110. The molecule has 8 rings (SSSR count). The number of Topliss-reactive ketones (excluding diaryl/α,β-unsaturated/α-hetero) is 1. The number of benzene rings is 2. The van der Waals surface area contributed by atoms with Crippen molar-refractivity contribution >= 4 is 45.9 Å². The summed E-state index contributed by atoms with van der Waals surface area (Å²) in [5.41, 5.74) is 6.80. The van der Waals surface area contributed by atoms with Crippen molar-refractivity contribution in [1.82, 2.24) is 24.5 Å². The van der Waals surface area contributed by atoms with E-state index >= 15 is 0 Å². The Labute approximate surface area is 365 Å². The van der Waals surface area contributed by atoms with Gasteiger partial charge in [-0.25, -0.2) is 17.8 Å². The molecule has 0 atom stereocenters. The lowest BCUT2D eigenvalue weighted by atomic mass is 9.93. The Morgan fingerprint density at radius 3 is 1.71 bits per heavy atom. The van der Waals surface area contributed by atoms with Gasteiger partial charge in [-0.15, -0.1) is 0 Å². The van der Waals surface area contributed by atoms with E-state index in [-0.39, 0.29) is 54.2 Å². The SMILES string of the molecule is CCC(=O)c1c(-c2ccc(F)cc2)nn2cc(NC(=O)C(C)(C)C)c(C3CC3)cc12.CNC(=O)c1c(-c2ccc(F)cc2)nn2cc(N(CCO)C(=O)C(C)(C)C)c(C3CC3)cc12. The fraction of sp³-hybridized carbons (Fsp3) is 0.388. The summed E-state index contributed by atoms with van der Waals surface area (Å²) >= 11 is 0. The lowest BCUT2D eigenvalue weighted by Gasteiger charge is -2.30. The first-order valence-corrected chi connectivity index (χ1v) is 21.5. The van der Waals surface area contributed by atoms with Crippen molar-refractivity contribution in [2.45, 2.75) is 92.4 Å². The summed E-state index contributed by atoms with van der Waals surface area (Å²) < 4.78 is 30.2. The normalized spacial score (nSPS) is 14.0. The van der Waals surface area contributed by atoms with Gasteiger partial charge in [0.2, 0.25) is 11.8 Å². The second kappa shape index (κ2) is 17.5. The molecule has 330 valence electrons. The lowest BCUT2D eigenvalue weighted by Crippen LogP contribution is -2.42. The van der Waals surface area contributed by atoms with Crippen molar-refractivity contribution in [3.8, 4) is 22.5 Å². The van der Waals surface area contributed by atoms with Crippen LogP contribution in [-0.2, 0) is 9.59 Å². The highest BCUT2D eigenvalue weighted by Gasteiger charge is 2.35. The van der Waals surface area contributed by atoms with Crippen LogP contribution in [0.4, 0.5) is 20.2 Å². The van der Waals surface area contributed by atoms with Crippen molar-refractivity contribution < 1.29 is 33.1 Å². The van der Waals surface area contributed by atoms with Crippen LogP contribution < -0.4 is 15.5 Å². The maximum atomic E-state index is 13.5. The molecule has 2 saturated carbocycles. The maximum Gasteiger partial charge on any atom is 0.255 e. The molecule has 63 heavy (non-hydrogen) atoms. The first-order valence-electron chi connectivity index (χ1n) is 21.5. The molecule has 2 fully saturated rings. The first kappa shape index (κ1) is 44.8. The van der Waals surface area contributed by atoms with Crippen LogP contribution in [0.2, 0.25) is 0 Å². The minimum atomic E-state index is -0.637. The fourth-order valence-electron chi connectivity index (χ4n) is 7.55. The van der Waals surface area contributed by atoms with Crippen LogP contribution in [0.3, 0.4) is 0 Å². The molecule has 12 nitrogen and oxygen atoms in total. The Balaban J connectivity index is 0.000000190. The number of ketones is 1. The van der Waals surface area contributed by atoms with Gasteiger partial charge < -0.3 is 20.6 Å². The molecule has 0 bridgehead atoms. The number of fused-ring (bicyclic) bond motifs is 2. The van der Waals surface area contributed by atoms with E-state index in [1.807, 2.05) is 60.6 Å². The number of aliphatic hydroxyl groups excluding tert-OH is 1. The highest BCUT2D eigenvalue weighted by atomic mass is 19.1. The van der Waals surface area contributed by atoms with Crippen molar-refractivity contribution in [3.63, 3.8) is 0 Å². The molecular weight excluding hydrogens is 805 g/mol. The number of hydrogen-bond donors (Lipinski definition) is 3. The summed E-state index contributed by atoms with van der Waals surface area (Å²) in [6.07, 6.45) is 8.02. The molecule has 3 amide bonds. The third-order valence-corrected chi connectivity index (χ3v) is 11.3. The number of carbonyl (C=O) groups is 4. The van der Waals surface area contributed by atoms with Crippen molar-refractivity contribution in [2.75, 3.05) is 30.4 Å². The number of nitrogens with one attached hydrogen (secondary N) is 2. The number of amides is 3. The Morgan fingerprint density at radius 1 is 0.746 bits per heavy atom. The average Bonchev–Trinajstić information content (AvgIpc) is 4.19. The number of pyridine rings is 2. The van der Waals surface area contributed by atoms with Crippen LogP contribution in [0.15, 0.2) is 73.1 Å². The van der Waals surface area contributed by atoms with E-state index in [4.69, 9.17) is 0 Å². The highest BCUT2D eigenvalue weighted by molar-refractivity contribution is 6.08. The standard InChI is InChI=1S/C25H29FN4O3.C24H26FN3O2/c1-25(2,3)24(33)29(11-12-31)20-14-30-19(13-18(20)15-5-6-15)21(23(32)27-4)22(28-30)16-7-9-17(26)10-8-16;1-5-20(29)21-19-12-17(14-6-7-14)18(26-23(30)24(2,3)4)13-28(19)27-22(21)15-8-10-16(25)11-9-15/h7-10,13-15,31H,5-6,11-12H2,1-4H3,(H,27,32);8-14H,5-7H2,1-4H3,(H,26,30).